The van der Waals surface area contributed by atoms with Crippen LogP contribution in [0.4, 0.5) is 17.1 Å². The fraction of sp³-hybridized carbons (Fsp3) is 0. The molecule has 0 amide bonds. The summed E-state index contributed by atoms with van der Waals surface area (Å²) in [6.45, 7) is 0. The number of benzene rings is 8. The molecule has 0 N–H and O–H groups in total. The number of anilines is 3. The average molecular weight is 654 g/mol. The summed E-state index contributed by atoms with van der Waals surface area (Å²) in [5.41, 5.74) is 13.7. The van der Waals surface area contributed by atoms with Crippen molar-refractivity contribution >= 4 is 60.9 Å². The Balaban J connectivity index is 1.07. The van der Waals surface area contributed by atoms with Gasteiger partial charge in [-0.2, -0.15) is 0 Å². The van der Waals surface area contributed by atoms with E-state index in [2.05, 4.69) is 169 Å². The lowest BCUT2D eigenvalue weighted by molar-refractivity contribution is 0.663. The summed E-state index contributed by atoms with van der Waals surface area (Å²) in [6, 6.07) is 66.2. The van der Waals surface area contributed by atoms with Crippen molar-refractivity contribution in [2.75, 3.05) is 4.90 Å². The van der Waals surface area contributed by atoms with Crippen molar-refractivity contribution in [3.63, 3.8) is 0 Å². The summed E-state index contributed by atoms with van der Waals surface area (Å²) in [5, 5.41) is 4.38. The first-order chi connectivity index (χ1) is 25.3. The smallest absolute Gasteiger partial charge is 0.136 e. The normalized spacial score (nSPS) is 11.5. The van der Waals surface area contributed by atoms with Gasteiger partial charge in [0.1, 0.15) is 22.3 Å². The predicted molar refractivity (Wildman–Crippen MR) is 212 cm³/mol. The molecular weight excluding hydrogens is 623 g/mol. The van der Waals surface area contributed by atoms with Crippen molar-refractivity contribution < 1.29 is 8.83 Å². The van der Waals surface area contributed by atoms with Gasteiger partial charge in [0.15, 0.2) is 0 Å². The molecule has 8 aromatic carbocycles. The lowest BCUT2D eigenvalue weighted by Crippen LogP contribution is -2.10. The lowest BCUT2D eigenvalue weighted by atomic mass is 10.0. The van der Waals surface area contributed by atoms with Crippen molar-refractivity contribution in [3.05, 3.63) is 188 Å². The SMILES string of the molecule is c1ccc(-c2ccc(N(c3ccc(-c4ccccc4)cc3)c3cccc(-c4ccc5c(c4)oc4ccc6oc7ccccc7c6c45)c3)cc2)cc1. The third kappa shape index (κ3) is 5.06. The first kappa shape index (κ1) is 29.1. The Morgan fingerprint density at radius 1 is 0.275 bits per heavy atom. The van der Waals surface area contributed by atoms with E-state index in [0.29, 0.717) is 0 Å². The quantitative estimate of drug-likeness (QED) is 0.179. The molecule has 10 rings (SSSR count). The first-order valence-corrected chi connectivity index (χ1v) is 17.2. The highest BCUT2D eigenvalue weighted by molar-refractivity contribution is 6.25. The van der Waals surface area contributed by atoms with E-state index in [1.165, 1.54) is 22.3 Å². The molecular formula is C48H31NO2. The summed E-state index contributed by atoms with van der Waals surface area (Å²) in [6.07, 6.45) is 0. The van der Waals surface area contributed by atoms with Crippen LogP contribution in [0.3, 0.4) is 0 Å². The maximum Gasteiger partial charge on any atom is 0.136 e. The van der Waals surface area contributed by atoms with E-state index in [0.717, 1.165) is 72.1 Å². The van der Waals surface area contributed by atoms with Gasteiger partial charge in [0.2, 0.25) is 0 Å². The van der Waals surface area contributed by atoms with Crippen LogP contribution < -0.4 is 4.90 Å². The van der Waals surface area contributed by atoms with E-state index < -0.39 is 0 Å². The molecule has 10 aromatic rings. The third-order valence-electron chi connectivity index (χ3n) is 9.88. The van der Waals surface area contributed by atoms with E-state index in [1.54, 1.807) is 0 Å². The molecule has 0 fully saturated rings. The lowest BCUT2D eigenvalue weighted by Gasteiger charge is -2.26. The minimum Gasteiger partial charge on any atom is -0.456 e. The van der Waals surface area contributed by atoms with Crippen LogP contribution in [-0.4, -0.2) is 0 Å². The summed E-state index contributed by atoms with van der Waals surface area (Å²) >= 11 is 0. The largest absolute Gasteiger partial charge is 0.456 e. The van der Waals surface area contributed by atoms with Gasteiger partial charge in [-0.1, -0.05) is 121 Å². The molecule has 0 aliphatic rings. The Morgan fingerprint density at radius 3 is 1.37 bits per heavy atom. The average Bonchev–Trinajstić information content (AvgIpc) is 3.77. The van der Waals surface area contributed by atoms with Gasteiger partial charge in [0.25, 0.3) is 0 Å². The topological polar surface area (TPSA) is 29.5 Å². The maximum absolute atomic E-state index is 6.50. The second kappa shape index (κ2) is 11.9. The Morgan fingerprint density at radius 2 is 0.745 bits per heavy atom. The zero-order valence-electron chi connectivity index (χ0n) is 27.7. The number of fused-ring (bicyclic) bond motifs is 7. The molecule has 240 valence electrons. The van der Waals surface area contributed by atoms with Gasteiger partial charge in [-0.25, -0.2) is 0 Å². The zero-order chi connectivity index (χ0) is 33.7. The van der Waals surface area contributed by atoms with Crippen LogP contribution in [0.5, 0.6) is 0 Å². The zero-order valence-corrected chi connectivity index (χ0v) is 27.7. The molecule has 0 aliphatic carbocycles. The van der Waals surface area contributed by atoms with E-state index in [9.17, 15) is 0 Å². The minimum atomic E-state index is 0.857. The summed E-state index contributed by atoms with van der Waals surface area (Å²) in [4.78, 5) is 2.33. The van der Waals surface area contributed by atoms with Crippen molar-refractivity contribution in [2.24, 2.45) is 0 Å². The van der Waals surface area contributed by atoms with E-state index >= 15 is 0 Å². The van der Waals surface area contributed by atoms with Crippen molar-refractivity contribution in [1.82, 2.24) is 0 Å². The Bertz CT molecular complexity index is 2750. The van der Waals surface area contributed by atoms with Crippen molar-refractivity contribution in [2.45, 2.75) is 0 Å². The maximum atomic E-state index is 6.50. The Hall–Kier alpha value is -6.84. The fourth-order valence-electron chi connectivity index (χ4n) is 7.40. The van der Waals surface area contributed by atoms with Gasteiger partial charge in [0.05, 0.1) is 0 Å². The minimum absolute atomic E-state index is 0.857. The van der Waals surface area contributed by atoms with Crippen LogP contribution in [0.1, 0.15) is 0 Å². The van der Waals surface area contributed by atoms with E-state index in [4.69, 9.17) is 8.83 Å². The summed E-state index contributed by atoms with van der Waals surface area (Å²) in [5.74, 6) is 0. The van der Waals surface area contributed by atoms with Crippen LogP contribution in [0.25, 0.3) is 77.3 Å². The van der Waals surface area contributed by atoms with Gasteiger partial charge < -0.3 is 13.7 Å². The molecule has 0 saturated heterocycles. The number of furan rings is 2. The van der Waals surface area contributed by atoms with Gasteiger partial charge in [-0.15, -0.1) is 0 Å². The highest BCUT2D eigenvalue weighted by atomic mass is 16.3. The molecule has 3 heteroatoms. The number of para-hydroxylation sites is 1. The summed E-state index contributed by atoms with van der Waals surface area (Å²) in [7, 11) is 0. The first-order valence-electron chi connectivity index (χ1n) is 17.2. The van der Waals surface area contributed by atoms with Crippen molar-refractivity contribution in [1.29, 1.82) is 0 Å². The molecule has 0 unspecified atom stereocenters. The highest BCUT2D eigenvalue weighted by Gasteiger charge is 2.18. The standard InChI is InChI=1S/C48H31NO2/c1-3-10-32(11-4-1)34-18-23-38(24-19-34)49(39-25-20-35(21-26-39)33-12-5-2-6-13-33)40-15-9-14-36(30-40)37-22-27-42-46(31-37)51-45-29-28-44-47(48(42)45)41-16-7-8-17-43(41)50-44/h1-31H. The van der Waals surface area contributed by atoms with Gasteiger partial charge in [0, 0.05) is 38.6 Å². The van der Waals surface area contributed by atoms with Crippen LogP contribution in [0, 0.1) is 0 Å². The number of hydrogen-bond donors (Lipinski definition) is 0. The molecule has 0 saturated carbocycles. The van der Waals surface area contributed by atoms with Crippen molar-refractivity contribution in [3.8, 4) is 33.4 Å². The molecule has 51 heavy (non-hydrogen) atoms. The molecule has 0 bridgehead atoms. The molecule has 2 aromatic heterocycles. The van der Waals surface area contributed by atoms with Gasteiger partial charge >= 0.3 is 0 Å². The molecule has 3 nitrogen and oxygen atoms in total. The van der Waals surface area contributed by atoms with Crippen LogP contribution in [0.15, 0.2) is 197 Å². The predicted octanol–water partition coefficient (Wildman–Crippen LogP) is 14.0. The number of rotatable bonds is 6. The Kier molecular flexibility index (Phi) is 6.81. The second-order valence-electron chi connectivity index (χ2n) is 12.9. The van der Waals surface area contributed by atoms with E-state index in [-0.39, 0.29) is 0 Å². The molecule has 0 aliphatic heterocycles. The second-order valence-corrected chi connectivity index (χ2v) is 12.9. The number of hydrogen-bond acceptors (Lipinski definition) is 3. The highest BCUT2D eigenvalue weighted by Crippen LogP contribution is 2.42. The van der Waals surface area contributed by atoms with Crippen LogP contribution in [-0.2, 0) is 0 Å². The Labute approximate surface area is 295 Å². The number of nitrogens with zero attached hydrogens (tertiary/aromatic N) is 1. The monoisotopic (exact) mass is 653 g/mol. The third-order valence-corrected chi connectivity index (χ3v) is 9.88. The van der Waals surface area contributed by atoms with Crippen LogP contribution >= 0.6 is 0 Å². The molecule has 0 spiro atoms. The van der Waals surface area contributed by atoms with Crippen LogP contribution in [0.2, 0.25) is 0 Å². The molecule has 0 radical (unpaired) electrons. The molecule has 2 heterocycles. The van der Waals surface area contributed by atoms with E-state index in [1.807, 2.05) is 24.3 Å². The van der Waals surface area contributed by atoms with Gasteiger partial charge in [-0.05, 0) is 100 Å². The summed E-state index contributed by atoms with van der Waals surface area (Å²) < 4.78 is 12.7. The fourth-order valence-corrected chi connectivity index (χ4v) is 7.40. The van der Waals surface area contributed by atoms with Gasteiger partial charge in [-0.3, -0.25) is 0 Å². The molecule has 0 atom stereocenters.